The minimum Gasteiger partial charge on any atom is -0.373 e. The van der Waals surface area contributed by atoms with Crippen LogP contribution in [0.3, 0.4) is 0 Å². The molecule has 0 aliphatic carbocycles. The van der Waals surface area contributed by atoms with Crippen molar-refractivity contribution in [2.45, 2.75) is 51.5 Å². The number of halogens is 1. The SMILES string of the molecule is CC(C)OC1CN(Cc2cnc(N3CCC(n4c(=O)c(=O)n(C)c5cc(Cl)cnc54)CC3)nc2)C1. The van der Waals surface area contributed by atoms with E-state index in [1.807, 2.05) is 12.4 Å². The van der Waals surface area contributed by atoms with E-state index in [1.165, 1.54) is 10.8 Å². The number of fused-ring (bicyclic) bond motifs is 1. The van der Waals surface area contributed by atoms with E-state index in [0.29, 0.717) is 54.2 Å². The van der Waals surface area contributed by atoms with E-state index in [-0.39, 0.29) is 12.1 Å². The molecular formula is C24H30ClN7O3. The fourth-order valence-electron chi connectivity index (χ4n) is 4.94. The van der Waals surface area contributed by atoms with Crippen LogP contribution in [0.15, 0.2) is 34.2 Å². The van der Waals surface area contributed by atoms with E-state index in [9.17, 15) is 9.59 Å². The summed E-state index contributed by atoms with van der Waals surface area (Å²) in [5, 5.41) is 0.422. The molecule has 2 saturated heterocycles. The Hall–Kier alpha value is -2.82. The molecule has 0 bridgehead atoms. The number of rotatable bonds is 6. The van der Waals surface area contributed by atoms with Crippen LogP contribution in [-0.4, -0.2) is 67.4 Å². The van der Waals surface area contributed by atoms with Gasteiger partial charge in [0.05, 0.1) is 22.7 Å². The molecule has 11 heteroatoms. The highest BCUT2D eigenvalue weighted by Gasteiger charge is 2.29. The van der Waals surface area contributed by atoms with Crippen molar-refractivity contribution in [1.82, 2.24) is 29.0 Å². The van der Waals surface area contributed by atoms with E-state index in [0.717, 1.165) is 25.2 Å². The van der Waals surface area contributed by atoms with Crippen molar-refractivity contribution in [3.8, 4) is 0 Å². The highest BCUT2D eigenvalue weighted by Crippen LogP contribution is 2.26. The maximum Gasteiger partial charge on any atom is 0.318 e. The van der Waals surface area contributed by atoms with Crippen molar-refractivity contribution < 1.29 is 4.74 Å². The minimum atomic E-state index is -0.577. The van der Waals surface area contributed by atoms with Crippen molar-refractivity contribution in [3.05, 3.63) is 56.0 Å². The lowest BCUT2D eigenvalue weighted by Crippen LogP contribution is -2.52. The number of likely N-dealkylation sites (tertiary alicyclic amines) is 1. The van der Waals surface area contributed by atoms with Crippen molar-refractivity contribution in [3.63, 3.8) is 0 Å². The summed E-state index contributed by atoms with van der Waals surface area (Å²) in [6.45, 7) is 8.17. The molecule has 2 fully saturated rings. The lowest BCUT2D eigenvalue weighted by Gasteiger charge is -2.39. The molecule has 0 unspecified atom stereocenters. The lowest BCUT2D eigenvalue weighted by atomic mass is 10.0. The van der Waals surface area contributed by atoms with Gasteiger partial charge in [0.15, 0.2) is 5.65 Å². The molecule has 2 aliphatic rings. The van der Waals surface area contributed by atoms with E-state index in [4.69, 9.17) is 16.3 Å². The molecule has 0 amide bonds. The van der Waals surface area contributed by atoms with Gasteiger partial charge in [-0.15, -0.1) is 0 Å². The number of pyridine rings is 1. The third kappa shape index (κ3) is 4.82. The summed E-state index contributed by atoms with van der Waals surface area (Å²) in [6, 6.07) is 1.54. The van der Waals surface area contributed by atoms with Crippen LogP contribution in [0.25, 0.3) is 11.2 Å². The summed E-state index contributed by atoms with van der Waals surface area (Å²) in [6.07, 6.45) is 7.22. The van der Waals surface area contributed by atoms with Crippen LogP contribution in [0.4, 0.5) is 5.95 Å². The molecule has 186 valence electrons. The fraction of sp³-hybridized carbons (Fsp3) is 0.542. The van der Waals surface area contributed by atoms with E-state index >= 15 is 0 Å². The Balaban J connectivity index is 1.24. The zero-order valence-electron chi connectivity index (χ0n) is 20.2. The first-order valence-corrected chi connectivity index (χ1v) is 12.4. The number of piperidine rings is 1. The van der Waals surface area contributed by atoms with Crippen LogP contribution >= 0.6 is 11.6 Å². The fourth-order valence-corrected chi connectivity index (χ4v) is 5.09. The third-order valence-corrected chi connectivity index (χ3v) is 6.92. The Morgan fingerprint density at radius 3 is 2.40 bits per heavy atom. The number of hydrogen-bond acceptors (Lipinski definition) is 8. The van der Waals surface area contributed by atoms with Gasteiger partial charge in [-0.2, -0.15) is 0 Å². The molecule has 0 aromatic carbocycles. The van der Waals surface area contributed by atoms with Crippen LogP contribution < -0.4 is 16.0 Å². The quantitative estimate of drug-likeness (QED) is 0.475. The molecule has 5 rings (SSSR count). The Morgan fingerprint density at radius 2 is 1.74 bits per heavy atom. The first kappa shape index (κ1) is 23.9. The van der Waals surface area contributed by atoms with Gasteiger partial charge in [-0.3, -0.25) is 19.1 Å². The highest BCUT2D eigenvalue weighted by molar-refractivity contribution is 6.31. The maximum absolute atomic E-state index is 12.9. The normalized spacial score (nSPS) is 17.9. The van der Waals surface area contributed by atoms with Gasteiger partial charge >= 0.3 is 11.1 Å². The number of aryl methyl sites for hydroxylation is 1. The lowest BCUT2D eigenvalue weighted by molar-refractivity contribution is -0.0834. The van der Waals surface area contributed by atoms with Crippen LogP contribution in [-0.2, 0) is 18.3 Å². The predicted molar refractivity (Wildman–Crippen MR) is 134 cm³/mol. The second kappa shape index (κ2) is 9.67. The summed E-state index contributed by atoms with van der Waals surface area (Å²) in [7, 11) is 1.57. The van der Waals surface area contributed by atoms with Crippen LogP contribution in [0.1, 0.15) is 38.3 Å². The molecular weight excluding hydrogens is 470 g/mol. The van der Waals surface area contributed by atoms with Crippen LogP contribution in [0.2, 0.25) is 5.02 Å². The van der Waals surface area contributed by atoms with Crippen LogP contribution in [0.5, 0.6) is 0 Å². The monoisotopic (exact) mass is 499 g/mol. The minimum absolute atomic E-state index is 0.129. The molecule has 0 atom stereocenters. The average molecular weight is 500 g/mol. The molecule has 2 aliphatic heterocycles. The van der Waals surface area contributed by atoms with E-state index in [1.54, 1.807) is 17.7 Å². The van der Waals surface area contributed by atoms with Gasteiger partial charge in [-0.25, -0.2) is 15.0 Å². The molecule has 0 saturated carbocycles. The molecule has 5 heterocycles. The Kier molecular flexibility index (Phi) is 6.61. The second-order valence-electron chi connectivity index (χ2n) is 9.65. The summed E-state index contributed by atoms with van der Waals surface area (Å²) in [4.78, 5) is 43.4. The van der Waals surface area contributed by atoms with Gasteiger partial charge in [0, 0.05) is 70.0 Å². The molecule has 0 N–H and O–H groups in total. The number of nitrogens with zero attached hydrogens (tertiary/aromatic N) is 7. The Morgan fingerprint density at radius 1 is 1.06 bits per heavy atom. The van der Waals surface area contributed by atoms with E-state index < -0.39 is 11.1 Å². The Labute approximate surface area is 208 Å². The van der Waals surface area contributed by atoms with Crippen molar-refractivity contribution >= 4 is 28.7 Å². The van der Waals surface area contributed by atoms with Crippen molar-refractivity contribution in [2.75, 3.05) is 31.1 Å². The summed E-state index contributed by atoms with van der Waals surface area (Å²) in [5.74, 6) is 0.683. The van der Waals surface area contributed by atoms with Gasteiger partial charge in [0.25, 0.3) is 0 Å². The summed E-state index contributed by atoms with van der Waals surface area (Å²) in [5.41, 5.74) is 0.975. The molecule has 35 heavy (non-hydrogen) atoms. The van der Waals surface area contributed by atoms with Gasteiger partial charge in [-0.1, -0.05) is 11.6 Å². The first-order chi connectivity index (χ1) is 16.8. The van der Waals surface area contributed by atoms with Gasteiger partial charge in [-0.05, 0) is 32.8 Å². The predicted octanol–water partition coefficient (Wildman–Crippen LogP) is 1.99. The van der Waals surface area contributed by atoms with Gasteiger partial charge in [0.1, 0.15) is 0 Å². The smallest absolute Gasteiger partial charge is 0.318 e. The average Bonchev–Trinajstić information content (AvgIpc) is 2.82. The first-order valence-electron chi connectivity index (χ1n) is 12.0. The Bertz CT molecular complexity index is 1320. The van der Waals surface area contributed by atoms with E-state index in [2.05, 4.69) is 38.6 Å². The van der Waals surface area contributed by atoms with Crippen molar-refractivity contribution in [2.24, 2.45) is 7.05 Å². The van der Waals surface area contributed by atoms with Gasteiger partial charge < -0.3 is 14.2 Å². The zero-order valence-corrected chi connectivity index (χ0v) is 21.0. The highest BCUT2D eigenvalue weighted by atomic mass is 35.5. The second-order valence-corrected chi connectivity index (χ2v) is 10.1. The number of aromatic nitrogens is 5. The number of hydrogen-bond donors (Lipinski definition) is 0. The molecule has 3 aromatic heterocycles. The number of ether oxygens (including phenoxy) is 1. The standard InChI is InChI=1S/C24H30ClN7O3/c1-15(2)35-19-13-30(14-19)12-16-9-27-24(28-10-16)31-6-4-18(5-7-31)32-21-20(8-17(25)11-26-21)29(3)22(33)23(32)34/h8-11,15,18-19H,4-7,12-14H2,1-3H3. The molecule has 10 nitrogen and oxygen atoms in total. The number of anilines is 1. The van der Waals surface area contributed by atoms with Crippen LogP contribution in [0, 0.1) is 0 Å². The summed E-state index contributed by atoms with van der Waals surface area (Å²) < 4.78 is 8.67. The third-order valence-electron chi connectivity index (χ3n) is 6.71. The summed E-state index contributed by atoms with van der Waals surface area (Å²) >= 11 is 6.09. The zero-order chi connectivity index (χ0) is 24.7. The van der Waals surface area contributed by atoms with Gasteiger partial charge in [0.2, 0.25) is 5.95 Å². The molecule has 3 aromatic rings. The van der Waals surface area contributed by atoms with Crippen molar-refractivity contribution in [1.29, 1.82) is 0 Å². The molecule has 0 spiro atoms. The maximum atomic E-state index is 12.9. The molecule has 0 radical (unpaired) electrons. The topological polar surface area (TPSA) is 98.4 Å². The largest absolute Gasteiger partial charge is 0.373 e.